The normalized spacial score (nSPS) is 11.9. The lowest BCUT2D eigenvalue weighted by molar-refractivity contribution is -0.111. The molecule has 0 radical (unpaired) electrons. The zero-order valence-corrected chi connectivity index (χ0v) is 21.4. The van der Waals surface area contributed by atoms with Crippen molar-refractivity contribution in [2.75, 3.05) is 37.1 Å². The van der Waals surface area contributed by atoms with Gasteiger partial charge in [0.05, 0.1) is 0 Å². The molecule has 28 heavy (non-hydrogen) atoms. The molecule has 0 saturated heterocycles. The molecule has 4 nitrogen and oxygen atoms in total. The summed E-state index contributed by atoms with van der Waals surface area (Å²) in [5.74, 6) is 3.01. The maximum atomic E-state index is 11.9. The summed E-state index contributed by atoms with van der Waals surface area (Å²) in [6.45, 7) is 10.1. The summed E-state index contributed by atoms with van der Waals surface area (Å²) in [6, 6.07) is 0.875. The number of hydrogen-bond acceptors (Lipinski definition) is 6. The molecule has 0 aromatic rings. The molecule has 168 valence electrons. The van der Waals surface area contributed by atoms with E-state index in [2.05, 4.69) is 6.92 Å². The zero-order valence-electron chi connectivity index (χ0n) is 18.8. The molecule has 0 amide bonds. The molecule has 0 unspecified atom stereocenters. The van der Waals surface area contributed by atoms with Crippen molar-refractivity contribution in [3.05, 3.63) is 0 Å². The van der Waals surface area contributed by atoms with Crippen molar-refractivity contribution >= 4 is 37.4 Å². The van der Waals surface area contributed by atoms with Crippen LogP contribution in [0.2, 0.25) is 6.04 Å². The van der Waals surface area contributed by atoms with Gasteiger partial charge in [0.15, 0.2) is 5.12 Å². The highest BCUT2D eigenvalue weighted by atomic mass is 32.2. The average molecular weight is 453 g/mol. The Bertz CT molecular complexity index is 342. The minimum Gasteiger partial charge on any atom is -0.374 e. The van der Waals surface area contributed by atoms with Crippen molar-refractivity contribution in [3.63, 3.8) is 0 Å². The molecule has 0 rings (SSSR count). The van der Waals surface area contributed by atoms with Crippen molar-refractivity contribution in [1.82, 2.24) is 0 Å². The fourth-order valence-corrected chi connectivity index (χ4v) is 7.75. The fourth-order valence-electron chi connectivity index (χ4n) is 3.01. The van der Waals surface area contributed by atoms with Crippen molar-refractivity contribution in [2.45, 2.75) is 91.5 Å². The fraction of sp³-hybridized carbons (Fsp3) is 0.952. The van der Waals surface area contributed by atoms with E-state index in [1.54, 1.807) is 0 Å². The smallest absolute Gasteiger partial charge is 0.374 e. The van der Waals surface area contributed by atoms with Crippen molar-refractivity contribution < 1.29 is 18.1 Å². The Morgan fingerprint density at radius 2 is 1.29 bits per heavy atom. The molecular weight excluding hydrogens is 408 g/mol. The average Bonchev–Trinajstić information content (AvgIpc) is 2.67. The third kappa shape index (κ3) is 16.3. The number of thioether (sulfide) groups is 2. The molecular formula is C21H44O4S2Si. The van der Waals surface area contributed by atoms with E-state index in [4.69, 9.17) is 13.3 Å². The van der Waals surface area contributed by atoms with E-state index < -0.39 is 8.80 Å². The third-order valence-corrected chi connectivity index (χ3v) is 9.75. The predicted molar refractivity (Wildman–Crippen MR) is 127 cm³/mol. The van der Waals surface area contributed by atoms with Crippen LogP contribution in [0.3, 0.4) is 0 Å². The van der Waals surface area contributed by atoms with Crippen LogP contribution in [0.25, 0.3) is 0 Å². The summed E-state index contributed by atoms with van der Waals surface area (Å²) in [5.41, 5.74) is 0. The Kier molecular flexibility index (Phi) is 21.1. The van der Waals surface area contributed by atoms with Gasteiger partial charge >= 0.3 is 8.80 Å². The second kappa shape index (κ2) is 20.7. The molecule has 0 heterocycles. The van der Waals surface area contributed by atoms with Crippen molar-refractivity contribution in [2.24, 2.45) is 0 Å². The number of rotatable bonds is 21. The van der Waals surface area contributed by atoms with Gasteiger partial charge in [0.1, 0.15) is 0 Å². The predicted octanol–water partition coefficient (Wildman–Crippen LogP) is 6.56. The molecule has 7 heteroatoms. The van der Waals surface area contributed by atoms with Gasteiger partial charge in [-0.05, 0) is 39.4 Å². The van der Waals surface area contributed by atoms with Gasteiger partial charge in [-0.2, -0.15) is 11.8 Å². The zero-order chi connectivity index (χ0) is 20.9. The first kappa shape index (κ1) is 28.5. The molecule has 0 aliphatic carbocycles. The number of hydrogen-bond donors (Lipinski definition) is 0. The van der Waals surface area contributed by atoms with Crippen LogP contribution in [-0.4, -0.2) is 51.0 Å². The highest BCUT2D eigenvalue weighted by molar-refractivity contribution is 8.14. The lowest BCUT2D eigenvalue weighted by atomic mass is 10.1. The molecule has 0 atom stereocenters. The summed E-state index contributed by atoms with van der Waals surface area (Å²) in [5, 5.41) is 0.365. The van der Waals surface area contributed by atoms with E-state index >= 15 is 0 Å². The summed E-state index contributed by atoms with van der Waals surface area (Å²) in [6.07, 6.45) is 10.6. The van der Waals surface area contributed by atoms with Gasteiger partial charge in [0, 0.05) is 43.8 Å². The maximum absolute atomic E-state index is 11.9. The first-order valence-electron chi connectivity index (χ1n) is 11.3. The molecule has 0 aliphatic rings. The van der Waals surface area contributed by atoms with E-state index in [1.807, 2.05) is 32.5 Å². The van der Waals surface area contributed by atoms with Gasteiger partial charge in [-0.1, -0.05) is 57.2 Å². The molecule has 0 N–H and O–H groups in total. The van der Waals surface area contributed by atoms with E-state index in [-0.39, 0.29) is 0 Å². The second-order valence-electron chi connectivity index (χ2n) is 6.79. The van der Waals surface area contributed by atoms with Crippen LogP contribution in [0.15, 0.2) is 0 Å². The Hall–Kier alpha value is 0.467. The van der Waals surface area contributed by atoms with Gasteiger partial charge in [-0.3, -0.25) is 4.79 Å². The summed E-state index contributed by atoms with van der Waals surface area (Å²) < 4.78 is 17.6. The maximum Gasteiger partial charge on any atom is 0.500 e. The Morgan fingerprint density at radius 3 is 1.86 bits per heavy atom. The van der Waals surface area contributed by atoms with Crippen molar-refractivity contribution in [1.29, 1.82) is 0 Å². The molecule has 0 spiro atoms. The Labute approximate surface area is 184 Å². The van der Waals surface area contributed by atoms with Crippen molar-refractivity contribution in [3.8, 4) is 0 Å². The lowest BCUT2D eigenvalue weighted by Gasteiger charge is -2.28. The van der Waals surface area contributed by atoms with Crippen LogP contribution >= 0.6 is 23.5 Å². The Morgan fingerprint density at radius 1 is 0.714 bits per heavy atom. The van der Waals surface area contributed by atoms with Crippen LogP contribution in [0.4, 0.5) is 0 Å². The van der Waals surface area contributed by atoms with Crippen LogP contribution < -0.4 is 0 Å². The van der Waals surface area contributed by atoms with Crippen LogP contribution in [0.5, 0.6) is 0 Å². The van der Waals surface area contributed by atoms with Gasteiger partial charge in [0.25, 0.3) is 0 Å². The van der Waals surface area contributed by atoms with E-state index in [9.17, 15) is 4.79 Å². The first-order valence-corrected chi connectivity index (χ1v) is 15.4. The van der Waals surface area contributed by atoms with E-state index in [0.717, 1.165) is 42.6 Å². The third-order valence-electron chi connectivity index (χ3n) is 4.34. The number of carbonyl (C=O) groups excluding carboxylic acids is 1. The number of unbranched alkanes of at least 4 members (excludes halogenated alkanes) is 6. The minimum absolute atomic E-state index is 0.365. The molecule has 0 fully saturated rings. The highest BCUT2D eigenvalue weighted by Crippen LogP contribution is 2.21. The van der Waals surface area contributed by atoms with Gasteiger partial charge in [0.2, 0.25) is 0 Å². The molecule has 0 aromatic heterocycles. The monoisotopic (exact) mass is 452 g/mol. The second-order valence-corrected chi connectivity index (χ2v) is 11.9. The largest absolute Gasteiger partial charge is 0.500 e. The Balaban J connectivity index is 3.66. The summed E-state index contributed by atoms with van der Waals surface area (Å²) in [4.78, 5) is 11.9. The lowest BCUT2D eigenvalue weighted by Crippen LogP contribution is -2.46. The summed E-state index contributed by atoms with van der Waals surface area (Å²) in [7, 11) is -2.48. The molecule has 0 aliphatic heterocycles. The molecule has 0 aromatic carbocycles. The standard InChI is InChI=1S/C21H44O4S2Si/c1-5-9-10-11-12-13-14-16-21(22)27-19-18-26-17-15-20-28(23-6-2,24-7-3)25-8-4/h5-20H2,1-4H3. The SMILES string of the molecule is CCCCCCCCCC(=O)SCCSCCC[Si](OCC)(OCC)OCC. The topological polar surface area (TPSA) is 44.8 Å². The van der Waals surface area contributed by atoms with Crippen LogP contribution in [0.1, 0.15) is 85.5 Å². The van der Waals surface area contributed by atoms with Crippen LogP contribution in [-0.2, 0) is 18.1 Å². The van der Waals surface area contributed by atoms with Gasteiger partial charge < -0.3 is 13.3 Å². The quantitative estimate of drug-likeness (QED) is 0.145. The first-order chi connectivity index (χ1) is 13.6. The van der Waals surface area contributed by atoms with Gasteiger partial charge in [-0.25, -0.2) is 0 Å². The van der Waals surface area contributed by atoms with E-state index in [0.29, 0.717) is 24.9 Å². The van der Waals surface area contributed by atoms with Gasteiger partial charge in [-0.15, -0.1) is 0 Å². The summed E-state index contributed by atoms with van der Waals surface area (Å²) >= 11 is 3.42. The molecule has 0 bridgehead atoms. The highest BCUT2D eigenvalue weighted by Gasteiger charge is 2.39. The minimum atomic E-state index is -2.48. The molecule has 0 saturated carbocycles. The van der Waals surface area contributed by atoms with Crippen LogP contribution in [0, 0.1) is 0 Å². The number of carbonyl (C=O) groups is 1. The van der Waals surface area contributed by atoms with E-state index in [1.165, 1.54) is 50.3 Å².